The molecule has 1 rings (SSSR count). The molecule has 1 unspecified atom stereocenters. The van der Waals surface area contributed by atoms with Crippen molar-refractivity contribution in [1.29, 1.82) is 0 Å². The molecule has 0 saturated heterocycles. The fourth-order valence-corrected chi connectivity index (χ4v) is 1.45. The highest BCUT2D eigenvalue weighted by Crippen LogP contribution is 2.30. The number of hydrogen-bond acceptors (Lipinski definition) is 3. The van der Waals surface area contributed by atoms with Gasteiger partial charge >= 0.3 is 6.18 Å². The SMILES string of the molecule is CCCC(C)Oc1cc(C(F)(F)F)nc(Cl)n1. The number of aromatic nitrogens is 2. The second-order valence-electron chi connectivity index (χ2n) is 3.58. The molecule has 0 spiro atoms. The monoisotopic (exact) mass is 268 g/mol. The van der Waals surface area contributed by atoms with Gasteiger partial charge in [0.05, 0.1) is 6.10 Å². The normalized spacial score (nSPS) is 13.5. The van der Waals surface area contributed by atoms with Crippen LogP contribution in [0.15, 0.2) is 6.07 Å². The summed E-state index contributed by atoms with van der Waals surface area (Å²) in [4.78, 5) is 6.71. The number of halogens is 4. The lowest BCUT2D eigenvalue weighted by Gasteiger charge is -2.14. The van der Waals surface area contributed by atoms with Gasteiger partial charge in [-0.3, -0.25) is 0 Å². The van der Waals surface area contributed by atoms with Crippen LogP contribution in [0.2, 0.25) is 5.28 Å². The molecule has 7 heteroatoms. The van der Waals surface area contributed by atoms with E-state index in [1.54, 1.807) is 6.92 Å². The van der Waals surface area contributed by atoms with Gasteiger partial charge in [-0.25, -0.2) is 4.98 Å². The average Bonchev–Trinajstić information content (AvgIpc) is 2.15. The van der Waals surface area contributed by atoms with Crippen molar-refractivity contribution in [2.45, 2.75) is 39.0 Å². The highest BCUT2D eigenvalue weighted by molar-refractivity contribution is 6.28. The minimum Gasteiger partial charge on any atom is -0.475 e. The number of ether oxygens (including phenoxy) is 1. The fraction of sp³-hybridized carbons (Fsp3) is 0.600. The van der Waals surface area contributed by atoms with Crippen LogP contribution >= 0.6 is 11.6 Å². The molecule has 17 heavy (non-hydrogen) atoms. The smallest absolute Gasteiger partial charge is 0.433 e. The molecule has 0 fully saturated rings. The Hall–Kier alpha value is -1.04. The molecule has 1 aromatic rings. The zero-order valence-electron chi connectivity index (χ0n) is 9.38. The van der Waals surface area contributed by atoms with Crippen molar-refractivity contribution in [3.63, 3.8) is 0 Å². The largest absolute Gasteiger partial charge is 0.475 e. The van der Waals surface area contributed by atoms with Gasteiger partial charge in [0.15, 0.2) is 5.69 Å². The number of nitrogens with zero attached hydrogens (tertiary/aromatic N) is 2. The highest BCUT2D eigenvalue weighted by Gasteiger charge is 2.34. The summed E-state index contributed by atoms with van der Waals surface area (Å²) in [6.45, 7) is 3.71. The molecule has 0 aliphatic rings. The van der Waals surface area contributed by atoms with Gasteiger partial charge in [-0.1, -0.05) is 13.3 Å². The van der Waals surface area contributed by atoms with E-state index in [-0.39, 0.29) is 12.0 Å². The molecule has 1 atom stereocenters. The molecular weight excluding hydrogens is 257 g/mol. The summed E-state index contributed by atoms with van der Waals surface area (Å²) < 4.78 is 42.5. The predicted molar refractivity (Wildman–Crippen MR) is 57.0 cm³/mol. The van der Waals surface area contributed by atoms with E-state index in [4.69, 9.17) is 16.3 Å². The summed E-state index contributed by atoms with van der Waals surface area (Å²) in [5.41, 5.74) is -1.10. The Balaban J connectivity index is 2.90. The first-order chi connectivity index (χ1) is 7.82. The lowest BCUT2D eigenvalue weighted by atomic mass is 10.2. The predicted octanol–water partition coefficient (Wildman–Crippen LogP) is 3.72. The molecule has 0 aliphatic heterocycles. The van der Waals surface area contributed by atoms with Crippen molar-refractivity contribution in [2.75, 3.05) is 0 Å². The highest BCUT2D eigenvalue weighted by atomic mass is 35.5. The molecule has 96 valence electrons. The Morgan fingerprint density at radius 3 is 2.59 bits per heavy atom. The molecule has 3 nitrogen and oxygen atoms in total. The van der Waals surface area contributed by atoms with Gasteiger partial charge in [0.1, 0.15) is 0 Å². The molecule has 0 aromatic carbocycles. The van der Waals surface area contributed by atoms with E-state index in [1.807, 2.05) is 6.92 Å². The van der Waals surface area contributed by atoms with E-state index in [0.29, 0.717) is 0 Å². The van der Waals surface area contributed by atoms with Crippen molar-refractivity contribution in [2.24, 2.45) is 0 Å². The van der Waals surface area contributed by atoms with Gasteiger partial charge < -0.3 is 4.74 Å². The zero-order valence-corrected chi connectivity index (χ0v) is 10.1. The van der Waals surface area contributed by atoms with E-state index in [2.05, 4.69) is 9.97 Å². The second-order valence-corrected chi connectivity index (χ2v) is 3.91. The molecule has 0 bridgehead atoms. The van der Waals surface area contributed by atoms with Crippen LogP contribution in [-0.2, 0) is 6.18 Å². The molecule has 1 aromatic heterocycles. The Kier molecular flexibility index (Phi) is 4.56. The molecule has 0 saturated carbocycles. The van der Waals surface area contributed by atoms with Crippen LogP contribution < -0.4 is 4.74 Å². The van der Waals surface area contributed by atoms with Crippen molar-refractivity contribution < 1.29 is 17.9 Å². The maximum absolute atomic E-state index is 12.4. The number of hydrogen-bond donors (Lipinski definition) is 0. The van der Waals surface area contributed by atoms with Crippen molar-refractivity contribution in [3.05, 3.63) is 17.0 Å². The first kappa shape index (κ1) is 14.0. The Bertz CT molecular complexity index is 384. The van der Waals surface area contributed by atoms with Gasteiger partial charge in [-0.15, -0.1) is 0 Å². The van der Waals surface area contributed by atoms with Crippen LogP contribution in [0.3, 0.4) is 0 Å². The van der Waals surface area contributed by atoms with Crippen molar-refractivity contribution >= 4 is 11.6 Å². The van der Waals surface area contributed by atoms with Crippen molar-refractivity contribution in [1.82, 2.24) is 9.97 Å². The lowest BCUT2D eigenvalue weighted by Crippen LogP contribution is -2.14. The van der Waals surface area contributed by atoms with E-state index >= 15 is 0 Å². The lowest BCUT2D eigenvalue weighted by molar-refractivity contribution is -0.141. The summed E-state index contributed by atoms with van der Waals surface area (Å²) in [7, 11) is 0. The van der Waals surface area contributed by atoms with Crippen LogP contribution in [0.1, 0.15) is 32.4 Å². The van der Waals surface area contributed by atoms with E-state index < -0.39 is 17.2 Å². The summed E-state index contributed by atoms with van der Waals surface area (Å²) >= 11 is 5.41. The number of rotatable bonds is 4. The first-order valence-electron chi connectivity index (χ1n) is 5.11. The van der Waals surface area contributed by atoms with E-state index in [0.717, 1.165) is 18.9 Å². The third-order valence-electron chi connectivity index (χ3n) is 1.98. The molecule has 1 heterocycles. The molecule has 0 aliphatic carbocycles. The summed E-state index contributed by atoms with van der Waals surface area (Å²) in [5, 5.41) is -0.474. The third kappa shape index (κ3) is 4.38. The first-order valence-corrected chi connectivity index (χ1v) is 5.49. The van der Waals surface area contributed by atoms with Gasteiger partial charge in [0, 0.05) is 6.07 Å². The van der Waals surface area contributed by atoms with Crippen LogP contribution in [0.5, 0.6) is 5.88 Å². The van der Waals surface area contributed by atoms with Crippen LogP contribution in [0, 0.1) is 0 Å². The van der Waals surface area contributed by atoms with Crippen LogP contribution in [-0.4, -0.2) is 16.1 Å². The maximum Gasteiger partial charge on any atom is 0.433 e. The van der Waals surface area contributed by atoms with Gasteiger partial charge in [-0.2, -0.15) is 18.2 Å². The Labute approximate surface area is 102 Å². The molecule has 0 amide bonds. The van der Waals surface area contributed by atoms with Gasteiger partial charge in [-0.05, 0) is 24.9 Å². The minimum atomic E-state index is -4.56. The summed E-state index contributed by atoms with van der Waals surface area (Å²) in [6.07, 6.45) is -3.18. The van der Waals surface area contributed by atoms with Gasteiger partial charge in [0.2, 0.25) is 11.2 Å². The second kappa shape index (κ2) is 5.53. The van der Waals surface area contributed by atoms with Crippen LogP contribution in [0.4, 0.5) is 13.2 Å². The summed E-state index contributed by atoms with van der Waals surface area (Å²) in [6, 6.07) is 0.748. The van der Waals surface area contributed by atoms with Crippen molar-refractivity contribution in [3.8, 4) is 5.88 Å². The molecular formula is C10H12ClF3N2O. The summed E-state index contributed by atoms with van der Waals surface area (Å²) in [5.74, 6) is -0.154. The standard InChI is InChI=1S/C10H12ClF3N2O/c1-3-4-6(2)17-8-5-7(10(12,13)14)15-9(11)16-8/h5-6H,3-4H2,1-2H3. The average molecular weight is 269 g/mol. The molecule has 0 radical (unpaired) electrons. The Morgan fingerprint density at radius 1 is 1.41 bits per heavy atom. The zero-order chi connectivity index (χ0) is 13.1. The third-order valence-corrected chi connectivity index (χ3v) is 2.15. The maximum atomic E-state index is 12.4. The molecule has 0 N–H and O–H groups in total. The van der Waals surface area contributed by atoms with E-state index in [1.165, 1.54) is 0 Å². The Morgan fingerprint density at radius 2 is 2.06 bits per heavy atom. The fourth-order valence-electron chi connectivity index (χ4n) is 1.27. The van der Waals surface area contributed by atoms with E-state index in [9.17, 15) is 13.2 Å². The van der Waals surface area contributed by atoms with Crippen LogP contribution in [0.25, 0.3) is 0 Å². The topological polar surface area (TPSA) is 35.0 Å². The minimum absolute atomic E-state index is 0.154. The van der Waals surface area contributed by atoms with Gasteiger partial charge in [0.25, 0.3) is 0 Å². The number of alkyl halides is 3. The quantitative estimate of drug-likeness (QED) is 0.781.